The predicted molar refractivity (Wildman–Crippen MR) is 115 cm³/mol. The number of rotatable bonds is 5. The van der Waals surface area contributed by atoms with Crippen molar-refractivity contribution in [3.05, 3.63) is 52.1 Å². The van der Waals surface area contributed by atoms with Crippen LogP contribution in [0.4, 0.5) is 10.1 Å². The molecule has 0 spiro atoms. The van der Waals surface area contributed by atoms with Gasteiger partial charge in [-0.2, -0.15) is 5.26 Å². The van der Waals surface area contributed by atoms with Gasteiger partial charge in [-0.05, 0) is 63.3 Å². The van der Waals surface area contributed by atoms with Crippen molar-refractivity contribution in [2.24, 2.45) is 7.05 Å². The largest absolute Gasteiger partial charge is 0.393 e. The van der Waals surface area contributed by atoms with Crippen LogP contribution >= 0.6 is 0 Å². The lowest BCUT2D eigenvalue weighted by molar-refractivity contribution is -0.118. The van der Waals surface area contributed by atoms with Crippen molar-refractivity contribution in [3.8, 4) is 6.07 Å². The number of aliphatic hydroxyl groups excluding tert-OH is 1. The van der Waals surface area contributed by atoms with E-state index in [2.05, 4.69) is 10.6 Å². The Balaban J connectivity index is 1.81. The zero-order chi connectivity index (χ0) is 23.6. The molecule has 1 aliphatic carbocycles. The maximum Gasteiger partial charge on any atom is 0.294 e. The van der Waals surface area contributed by atoms with Crippen LogP contribution in [-0.2, 0) is 11.8 Å². The van der Waals surface area contributed by atoms with Gasteiger partial charge in [-0.3, -0.25) is 14.4 Å². The lowest BCUT2D eigenvalue weighted by Gasteiger charge is -2.25. The number of hydrogen-bond donors (Lipinski definition) is 3. The van der Waals surface area contributed by atoms with Gasteiger partial charge in [-0.1, -0.05) is 0 Å². The second-order valence-corrected chi connectivity index (χ2v) is 8.06. The van der Waals surface area contributed by atoms with Gasteiger partial charge < -0.3 is 20.3 Å². The molecule has 0 unspecified atom stereocenters. The van der Waals surface area contributed by atoms with Gasteiger partial charge in [-0.25, -0.2) is 4.39 Å². The number of ketones is 1. The summed E-state index contributed by atoms with van der Waals surface area (Å²) in [5, 5.41) is 23.9. The van der Waals surface area contributed by atoms with E-state index in [1.165, 1.54) is 16.7 Å². The molecule has 3 N–H and O–H groups in total. The number of nitrogens with zero attached hydrogens (tertiary/aromatic N) is 2. The molecule has 3 rings (SSSR count). The third-order valence-electron chi connectivity index (χ3n) is 5.96. The molecule has 1 aromatic heterocycles. The van der Waals surface area contributed by atoms with E-state index in [4.69, 9.17) is 5.26 Å². The fraction of sp³-hybridized carbons (Fsp3) is 0.391. The number of nitriles is 1. The highest BCUT2D eigenvalue weighted by atomic mass is 19.1. The first-order valence-corrected chi connectivity index (χ1v) is 10.3. The molecule has 0 bridgehead atoms. The van der Waals surface area contributed by atoms with E-state index >= 15 is 0 Å². The smallest absolute Gasteiger partial charge is 0.294 e. The molecule has 0 radical (unpaired) electrons. The van der Waals surface area contributed by atoms with Gasteiger partial charge in [0.1, 0.15) is 11.9 Å². The number of aromatic nitrogens is 1. The minimum absolute atomic E-state index is 0.109. The number of nitrogens with one attached hydrogen (secondary N) is 2. The summed E-state index contributed by atoms with van der Waals surface area (Å²) in [4.78, 5) is 38.4. The van der Waals surface area contributed by atoms with Gasteiger partial charge in [0.2, 0.25) is 0 Å². The Labute approximate surface area is 185 Å². The van der Waals surface area contributed by atoms with Crippen molar-refractivity contribution in [2.45, 2.75) is 51.7 Å². The number of aliphatic hydroxyl groups is 1. The van der Waals surface area contributed by atoms with Crippen molar-refractivity contribution >= 4 is 23.3 Å². The summed E-state index contributed by atoms with van der Waals surface area (Å²) in [6.07, 6.45) is 1.97. The summed E-state index contributed by atoms with van der Waals surface area (Å²) in [7, 11) is 1.60. The summed E-state index contributed by atoms with van der Waals surface area (Å²) in [6.45, 7) is 3.25. The monoisotopic (exact) mass is 440 g/mol. The molecule has 0 atom stereocenters. The van der Waals surface area contributed by atoms with Crippen LogP contribution in [0.15, 0.2) is 18.2 Å². The molecule has 1 fully saturated rings. The summed E-state index contributed by atoms with van der Waals surface area (Å²) in [5.41, 5.74) is 1.21. The van der Waals surface area contributed by atoms with E-state index in [-0.39, 0.29) is 34.7 Å². The molecule has 1 aromatic carbocycles. The molecule has 0 saturated heterocycles. The van der Waals surface area contributed by atoms with Crippen LogP contribution in [0.25, 0.3) is 0 Å². The van der Waals surface area contributed by atoms with Crippen LogP contribution in [0.5, 0.6) is 0 Å². The quantitative estimate of drug-likeness (QED) is 0.487. The normalized spacial score (nSPS) is 18.0. The zero-order valence-corrected chi connectivity index (χ0v) is 18.2. The molecule has 1 heterocycles. The van der Waals surface area contributed by atoms with E-state index in [0.717, 1.165) is 6.07 Å². The standard InChI is InChI=1S/C23H25FN4O4/c1-12-19(22(31)27-16-6-9-18(24)14(10-16)11-25)13(2)28(3)20(12)21(30)23(32)26-15-4-7-17(29)8-5-15/h6,9-10,15,17,29H,4-5,7-8H2,1-3H3,(H,26,32)(H,27,31)/t15-,17+. The number of carbonyl (C=O) groups excluding carboxylic acids is 3. The molecule has 2 amide bonds. The highest BCUT2D eigenvalue weighted by Crippen LogP contribution is 2.24. The highest BCUT2D eigenvalue weighted by Gasteiger charge is 2.30. The van der Waals surface area contributed by atoms with E-state index in [9.17, 15) is 23.9 Å². The Kier molecular flexibility index (Phi) is 6.75. The van der Waals surface area contributed by atoms with Gasteiger partial charge in [0.25, 0.3) is 17.6 Å². The lowest BCUT2D eigenvalue weighted by Crippen LogP contribution is -2.42. The van der Waals surface area contributed by atoms with Crippen LogP contribution in [0, 0.1) is 31.0 Å². The average molecular weight is 440 g/mol. The Morgan fingerprint density at radius 3 is 2.47 bits per heavy atom. The second kappa shape index (κ2) is 9.32. The molecule has 0 aliphatic heterocycles. The zero-order valence-electron chi connectivity index (χ0n) is 18.2. The molecule has 32 heavy (non-hydrogen) atoms. The summed E-state index contributed by atoms with van der Waals surface area (Å²) in [6, 6.07) is 5.19. The predicted octanol–water partition coefficient (Wildman–Crippen LogP) is 2.51. The third kappa shape index (κ3) is 4.55. The van der Waals surface area contributed by atoms with Crippen LogP contribution in [-0.4, -0.2) is 39.4 Å². The first-order chi connectivity index (χ1) is 15.1. The molecule has 1 saturated carbocycles. The molecule has 168 valence electrons. The number of halogens is 1. The summed E-state index contributed by atoms with van der Waals surface area (Å²) in [5.74, 6) is -2.72. The topological polar surface area (TPSA) is 124 Å². The Morgan fingerprint density at radius 1 is 1.19 bits per heavy atom. The Morgan fingerprint density at radius 2 is 1.84 bits per heavy atom. The van der Waals surface area contributed by atoms with Crippen LogP contribution < -0.4 is 10.6 Å². The van der Waals surface area contributed by atoms with Crippen molar-refractivity contribution in [1.82, 2.24) is 9.88 Å². The maximum atomic E-state index is 13.5. The number of benzene rings is 1. The van der Waals surface area contributed by atoms with Crippen molar-refractivity contribution in [3.63, 3.8) is 0 Å². The first kappa shape index (κ1) is 23.2. The van der Waals surface area contributed by atoms with E-state index in [0.29, 0.717) is 36.9 Å². The van der Waals surface area contributed by atoms with Crippen LogP contribution in [0.1, 0.15) is 63.4 Å². The average Bonchev–Trinajstić information content (AvgIpc) is 2.98. The first-order valence-electron chi connectivity index (χ1n) is 10.3. The molecular formula is C23H25FN4O4. The van der Waals surface area contributed by atoms with Crippen LogP contribution in [0.2, 0.25) is 0 Å². The fourth-order valence-electron chi connectivity index (χ4n) is 4.09. The van der Waals surface area contributed by atoms with E-state index in [1.54, 1.807) is 27.0 Å². The molecule has 2 aromatic rings. The Hall–Kier alpha value is -3.51. The van der Waals surface area contributed by atoms with Crippen molar-refractivity contribution in [1.29, 1.82) is 5.26 Å². The van der Waals surface area contributed by atoms with Gasteiger partial charge >= 0.3 is 0 Å². The number of anilines is 1. The van der Waals surface area contributed by atoms with Crippen LogP contribution in [0.3, 0.4) is 0 Å². The number of amides is 2. The molecule has 9 heteroatoms. The Bertz CT molecular complexity index is 1120. The SMILES string of the molecule is Cc1c(C(=O)Nc2ccc(F)c(C#N)c2)c(C)n(C)c1C(=O)C(=O)N[C@H]1CC[C@@H](O)CC1. The molecule has 8 nitrogen and oxygen atoms in total. The van der Waals surface area contributed by atoms with Crippen molar-refractivity contribution < 1.29 is 23.9 Å². The second-order valence-electron chi connectivity index (χ2n) is 8.06. The fourth-order valence-corrected chi connectivity index (χ4v) is 4.09. The minimum atomic E-state index is -0.751. The van der Waals surface area contributed by atoms with Gasteiger partial charge in [-0.15, -0.1) is 0 Å². The van der Waals surface area contributed by atoms with E-state index < -0.39 is 23.4 Å². The molecule has 1 aliphatic rings. The maximum absolute atomic E-state index is 13.5. The molecular weight excluding hydrogens is 415 g/mol. The number of carbonyl (C=O) groups is 3. The third-order valence-corrected chi connectivity index (χ3v) is 5.96. The number of Topliss-reactive ketones (excluding diaryl/α,β-unsaturated/α-hetero) is 1. The summed E-state index contributed by atoms with van der Waals surface area (Å²) >= 11 is 0. The number of hydrogen-bond acceptors (Lipinski definition) is 5. The summed E-state index contributed by atoms with van der Waals surface area (Å²) < 4.78 is 15.0. The lowest BCUT2D eigenvalue weighted by atomic mass is 9.93. The highest BCUT2D eigenvalue weighted by molar-refractivity contribution is 6.43. The minimum Gasteiger partial charge on any atom is -0.393 e. The van der Waals surface area contributed by atoms with Gasteiger partial charge in [0, 0.05) is 24.5 Å². The van der Waals surface area contributed by atoms with E-state index in [1.807, 2.05) is 0 Å². The van der Waals surface area contributed by atoms with Gasteiger partial charge in [0.05, 0.1) is 22.9 Å². The van der Waals surface area contributed by atoms with Crippen molar-refractivity contribution in [2.75, 3.05) is 5.32 Å². The van der Waals surface area contributed by atoms with Gasteiger partial charge in [0.15, 0.2) is 0 Å².